The molecular formula is C56H110N2O9. The maximum Gasteiger partial charge on any atom is 0.332 e. The van der Waals surface area contributed by atoms with Gasteiger partial charge in [0, 0.05) is 38.8 Å². The van der Waals surface area contributed by atoms with E-state index in [0.29, 0.717) is 77.3 Å². The first kappa shape index (κ1) is 63.7. The molecular weight excluding hydrogens is 845 g/mol. The van der Waals surface area contributed by atoms with Crippen LogP contribution in [0, 0.1) is 11.8 Å². The van der Waals surface area contributed by atoms with Gasteiger partial charge in [-0.3, -0.25) is 9.80 Å². The summed E-state index contributed by atoms with van der Waals surface area (Å²) in [6.45, 7) is 16.6. The maximum absolute atomic E-state index is 12.6. The molecule has 1 aliphatic carbocycles. The summed E-state index contributed by atoms with van der Waals surface area (Å²) in [6.07, 6.45) is 39.0. The molecule has 1 aliphatic rings. The maximum atomic E-state index is 12.6. The van der Waals surface area contributed by atoms with Crippen molar-refractivity contribution in [3.63, 3.8) is 0 Å². The fraction of sp³-hybridized carbons (Fsp3) is 0.964. The lowest BCUT2D eigenvalue weighted by molar-refractivity contribution is -0.151. The van der Waals surface area contributed by atoms with Gasteiger partial charge in [-0.05, 0) is 50.4 Å². The highest BCUT2D eigenvalue weighted by atomic mass is 16.6. The Labute approximate surface area is 413 Å². The SMILES string of the molecule is CCCCCCCCC(CCCCCCCC)COC(=O)COCCOCCN(CCOCCOCC(=O)OCC(CCCCCCCC)CCCCCCCC)CCN(CCO)C1CCC1. The summed E-state index contributed by atoms with van der Waals surface area (Å²) in [5.74, 6) is 0.307. The minimum atomic E-state index is -0.285. The smallest absolute Gasteiger partial charge is 0.332 e. The van der Waals surface area contributed by atoms with E-state index in [4.69, 9.17) is 28.4 Å². The van der Waals surface area contributed by atoms with E-state index in [2.05, 4.69) is 37.5 Å². The molecule has 398 valence electrons. The van der Waals surface area contributed by atoms with E-state index >= 15 is 0 Å². The minimum Gasteiger partial charge on any atom is -0.464 e. The van der Waals surface area contributed by atoms with Gasteiger partial charge in [0.05, 0.1) is 59.5 Å². The lowest BCUT2D eigenvalue weighted by atomic mass is 9.91. The van der Waals surface area contributed by atoms with Gasteiger partial charge in [0.25, 0.3) is 0 Å². The molecule has 0 aromatic carbocycles. The summed E-state index contributed by atoms with van der Waals surface area (Å²) in [5.41, 5.74) is 0. The molecule has 1 rings (SSSR count). The van der Waals surface area contributed by atoms with Crippen molar-refractivity contribution in [3.8, 4) is 0 Å². The molecule has 1 saturated carbocycles. The van der Waals surface area contributed by atoms with Gasteiger partial charge in [-0.1, -0.05) is 188 Å². The standard InChI is InChI=1S/C56H110N2O9/c1-5-9-13-17-21-25-30-52(31-26-22-18-14-10-6-2)48-66-55(60)50-64-46-44-62-42-39-57(36-37-58(38-41-59)54-34-29-35-54)40-43-63-45-47-65-51-56(61)67-49-53(32-27-23-19-15-11-7-3)33-28-24-20-16-12-8-4/h52-54,59H,5-51H2,1-4H3. The first-order valence-electron chi connectivity index (χ1n) is 28.7. The van der Waals surface area contributed by atoms with E-state index in [-0.39, 0.29) is 31.8 Å². The average molecular weight is 956 g/mol. The number of unbranched alkanes of at least 4 members (excludes halogenated alkanes) is 20. The molecule has 0 aliphatic heterocycles. The van der Waals surface area contributed by atoms with Crippen molar-refractivity contribution in [2.45, 2.75) is 233 Å². The van der Waals surface area contributed by atoms with Crippen molar-refractivity contribution in [2.75, 3.05) is 105 Å². The van der Waals surface area contributed by atoms with Crippen molar-refractivity contribution in [3.05, 3.63) is 0 Å². The molecule has 0 atom stereocenters. The second kappa shape index (κ2) is 49.6. The number of hydrogen-bond donors (Lipinski definition) is 1. The van der Waals surface area contributed by atoms with E-state index in [1.165, 1.54) is 173 Å². The molecule has 0 aromatic heterocycles. The van der Waals surface area contributed by atoms with Crippen LogP contribution >= 0.6 is 0 Å². The van der Waals surface area contributed by atoms with Crippen molar-refractivity contribution >= 4 is 11.9 Å². The summed E-state index contributed by atoms with van der Waals surface area (Å²) in [7, 11) is 0. The number of rotatable bonds is 54. The highest BCUT2D eigenvalue weighted by Crippen LogP contribution is 2.25. The van der Waals surface area contributed by atoms with Crippen LogP contribution in [0.2, 0.25) is 0 Å². The molecule has 0 unspecified atom stereocenters. The molecule has 0 spiro atoms. The van der Waals surface area contributed by atoms with E-state index in [1.54, 1.807) is 0 Å². The second-order valence-corrected chi connectivity index (χ2v) is 19.8. The van der Waals surface area contributed by atoms with E-state index in [0.717, 1.165) is 51.9 Å². The zero-order chi connectivity index (χ0) is 48.5. The van der Waals surface area contributed by atoms with Crippen molar-refractivity contribution in [1.82, 2.24) is 9.80 Å². The van der Waals surface area contributed by atoms with Crippen molar-refractivity contribution in [2.24, 2.45) is 11.8 Å². The van der Waals surface area contributed by atoms with Crippen LogP contribution in [0.1, 0.15) is 227 Å². The lowest BCUT2D eigenvalue weighted by Crippen LogP contribution is -2.46. The number of nitrogens with zero attached hydrogens (tertiary/aromatic N) is 2. The molecule has 67 heavy (non-hydrogen) atoms. The van der Waals surface area contributed by atoms with Gasteiger partial charge < -0.3 is 33.5 Å². The molecule has 1 fully saturated rings. The first-order chi connectivity index (χ1) is 33.0. The molecule has 11 nitrogen and oxygen atoms in total. The Morgan fingerprint density at radius 3 is 1.15 bits per heavy atom. The van der Waals surface area contributed by atoms with E-state index in [1.807, 2.05) is 0 Å². The summed E-state index contributed by atoms with van der Waals surface area (Å²) in [4.78, 5) is 29.9. The topological polar surface area (TPSA) is 116 Å². The predicted octanol–water partition coefficient (Wildman–Crippen LogP) is 12.5. The Morgan fingerprint density at radius 2 is 0.806 bits per heavy atom. The monoisotopic (exact) mass is 955 g/mol. The normalized spacial score (nSPS) is 13.1. The number of carbonyl (C=O) groups is 2. The molecule has 0 saturated heterocycles. The van der Waals surface area contributed by atoms with Gasteiger partial charge in [-0.15, -0.1) is 0 Å². The van der Waals surface area contributed by atoms with Crippen LogP contribution in [0.5, 0.6) is 0 Å². The molecule has 0 radical (unpaired) electrons. The molecule has 0 aromatic rings. The molecule has 11 heteroatoms. The first-order valence-corrected chi connectivity index (χ1v) is 28.7. The van der Waals surface area contributed by atoms with Crippen LogP contribution in [0.15, 0.2) is 0 Å². The second-order valence-electron chi connectivity index (χ2n) is 19.8. The van der Waals surface area contributed by atoms with Gasteiger partial charge in [0.2, 0.25) is 0 Å². The zero-order valence-electron chi connectivity index (χ0n) is 44.6. The van der Waals surface area contributed by atoms with E-state index < -0.39 is 0 Å². The summed E-state index contributed by atoms with van der Waals surface area (Å²) in [6, 6.07) is 0.562. The molecule has 0 bridgehead atoms. The largest absolute Gasteiger partial charge is 0.464 e. The number of carbonyl (C=O) groups excluding carboxylic acids is 2. The zero-order valence-corrected chi connectivity index (χ0v) is 44.6. The minimum absolute atomic E-state index is 0.0422. The number of aliphatic hydroxyl groups excluding tert-OH is 1. The van der Waals surface area contributed by atoms with Crippen LogP contribution in [0.25, 0.3) is 0 Å². The predicted molar refractivity (Wildman–Crippen MR) is 277 cm³/mol. The van der Waals surface area contributed by atoms with Gasteiger partial charge in [0.15, 0.2) is 0 Å². The number of hydrogen-bond acceptors (Lipinski definition) is 11. The third-order valence-electron chi connectivity index (χ3n) is 13.8. The third-order valence-corrected chi connectivity index (χ3v) is 13.8. The number of aliphatic hydroxyl groups is 1. The lowest BCUT2D eigenvalue weighted by Gasteiger charge is -2.38. The summed E-state index contributed by atoms with van der Waals surface area (Å²) in [5, 5.41) is 9.71. The highest BCUT2D eigenvalue weighted by molar-refractivity contribution is 5.71. The van der Waals surface area contributed by atoms with Gasteiger partial charge in [0.1, 0.15) is 13.2 Å². The van der Waals surface area contributed by atoms with Crippen LogP contribution in [0.3, 0.4) is 0 Å². The Hall–Kier alpha value is -1.34. The molecule has 0 heterocycles. The highest BCUT2D eigenvalue weighted by Gasteiger charge is 2.24. The Kier molecular flexibility index (Phi) is 47.2. The quantitative estimate of drug-likeness (QED) is 0.0464. The van der Waals surface area contributed by atoms with Crippen molar-refractivity contribution < 1.29 is 43.1 Å². The van der Waals surface area contributed by atoms with Crippen LogP contribution in [0.4, 0.5) is 0 Å². The third kappa shape index (κ3) is 41.0. The molecule has 0 amide bonds. The fourth-order valence-corrected chi connectivity index (χ4v) is 9.08. The number of esters is 2. The van der Waals surface area contributed by atoms with Gasteiger partial charge in [-0.25, -0.2) is 9.59 Å². The molecule has 1 N–H and O–H groups in total. The van der Waals surface area contributed by atoms with Crippen molar-refractivity contribution in [1.29, 1.82) is 0 Å². The number of ether oxygens (including phenoxy) is 6. The van der Waals surface area contributed by atoms with E-state index in [9.17, 15) is 14.7 Å². The summed E-state index contributed by atoms with van der Waals surface area (Å²) < 4.78 is 34.6. The van der Waals surface area contributed by atoms with Crippen LogP contribution in [-0.2, 0) is 38.0 Å². The Morgan fingerprint density at radius 1 is 0.448 bits per heavy atom. The Balaban J connectivity index is 2.40. The van der Waals surface area contributed by atoms with Crippen LogP contribution in [-0.4, -0.2) is 138 Å². The fourth-order valence-electron chi connectivity index (χ4n) is 9.08. The summed E-state index contributed by atoms with van der Waals surface area (Å²) >= 11 is 0. The van der Waals surface area contributed by atoms with Crippen LogP contribution < -0.4 is 0 Å². The van der Waals surface area contributed by atoms with Gasteiger partial charge in [-0.2, -0.15) is 0 Å². The Bertz CT molecular complexity index is 952. The van der Waals surface area contributed by atoms with Gasteiger partial charge >= 0.3 is 11.9 Å². The average Bonchev–Trinajstić information content (AvgIpc) is 3.31.